The minimum Gasteiger partial charge on any atom is -0.496 e. The second kappa shape index (κ2) is 6.80. The number of benzene rings is 3. The second-order valence-corrected chi connectivity index (χ2v) is 7.17. The van der Waals surface area contributed by atoms with Crippen molar-refractivity contribution in [1.82, 2.24) is 10.3 Å². The van der Waals surface area contributed by atoms with Crippen LogP contribution in [0.1, 0.15) is 22.9 Å². The van der Waals surface area contributed by atoms with Gasteiger partial charge in [-0.05, 0) is 53.4 Å². The maximum absolute atomic E-state index is 13.8. The maximum atomic E-state index is 13.8. The summed E-state index contributed by atoms with van der Waals surface area (Å²) in [4.78, 5) is 3.52. The number of nitrogens with one attached hydrogen (secondary N) is 2. The van der Waals surface area contributed by atoms with E-state index < -0.39 is 0 Å². The summed E-state index contributed by atoms with van der Waals surface area (Å²) >= 11 is 0. The molecule has 3 nitrogen and oxygen atoms in total. The third kappa shape index (κ3) is 2.77. The van der Waals surface area contributed by atoms with Crippen molar-refractivity contribution in [3.05, 3.63) is 89.4 Å². The fourth-order valence-electron chi connectivity index (χ4n) is 4.24. The van der Waals surface area contributed by atoms with Crippen molar-refractivity contribution >= 4 is 10.9 Å². The summed E-state index contributed by atoms with van der Waals surface area (Å²) in [6, 6.07) is 21.5. The number of halogens is 1. The molecular weight excluding hydrogens is 351 g/mol. The molecule has 28 heavy (non-hydrogen) atoms. The normalized spacial score (nSPS) is 16.1. The maximum Gasteiger partial charge on any atom is 0.124 e. The Labute approximate surface area is 163 Å². The Morgan fingerprint density at radius 2 is 1.82 bits per heavy atom. The van der Waals surface area contributed by atoms with Gasteiger partial charge < -0.3 is 15.0 Å². The van der Waals surface area contributed by atoms with Crippen molar-refractivity contribution in [2.24, 2.45) is 0 Å². The third-order valence-corrected chi connectivity index (χ3v) is 5.56. The lowest BCUT2D eigenvalue weighted by Crippen LogP contribution is -2.30. The van der Waals surface area contributed by atoms with Crippen LogP contribution in [0.5, 0.6) is 5.75 Å². The third-order valence-electron chi connectivity index (χ3n) is 5.56. The quantitative estimate of drug-likeness (QED) is 0.517. The fraction of sp³-hybridized carbons (Fsp3) is 0.167. The topological polar surface area (TPSA) is 37.0 Å². The van der Waals surface area contributed by atoms with Crippen LogP contribution in [0.25, 0.3) is 22.0 Å². The van der Waals surface area contributed by atoms with Gasteiger partial charge in [0, 0.05) is 28.7 Å². The Morgan fingerprint density at radius 3 is 2.64 bits per heavy atom. The van der Waals surface area contributed by atoms with Crippen molar-refractivity contribution in [3.63, 3.8) is 0 Å². The summed E-state index contributed by atoms with van der Waals surface area (Å²) in [6.45, 7) is 0.833. The molecule has 4 heteroatoms. The predicted octanol–water partition coefficient (Wildman–Crippen LogP) is 5.22. The first kappa shape index (κ1) is 17.0. The Morgan fingerprint density at radius 1 is 0.964 bits per heavy atom. The molecule has 1 aliphatic heterocycles. The lowest BCUT2D eigenvalue weighted by atomic mass is 9.91. The fourth-order valence-corrected chi connectivity index (χ4v) is 4.24. The summed E-state index contributed by atoms with van der Waals surface area (Å²) in [5.74, 6) is 0.642. The molecule has 4 aromatic rings. The van der Waals surface area contributed by atoms with Crippen molar-refractivity contribution in [2.45, 2.75) is 12.5 Å². The molecule has 1 unspecified atom stereocenters. The number of aromatic amines is 1. The molecule has 0 spiro atoms. The Kier molecular flexibility index (Phi) is 4.14. The predicted molar refractivity (Wildman–Crippen MR) is 110 cm³/mol. The first-order valence-electron chi connectivity index (χ1n) is 9.51. The van der Waals surface area contributed by atoms with E-state index in [1.54, 1.807) is 13.2 Å². The molecule has 2 N–H and O–H groups in total. The molecule has 0 bridgehead atoms. The summed E-state index contributed by atoms with van der Waals surface area (Å²) in [5.41, 5.74) is 6.64. The zero-order valence-corrected chi connectivity index (χ0v) is 15.6. The largest absolute Gasteiger partial charge is 0.496 e. The van der Waals surface area contributed by atoms with Gasteiger partial charge in [0.1, 0.15) is 11.6 Å². The lowest BCUT2D eigenvalue weighted by Gasteiger charge is -2.26. The minimum atomic E-state index is -0.201. The van der Waals surface area contributed by atoms with Crippen LogP contribution < -0.4 is 10.1 Å². The van der Waals surface area contributed by atoms with Crippen LogP contribution in [0, 0.1) is 5.82 Å². The van der Waals surface area contributed by atoms with E-state index in [1.807, 2.05) is 30.3 Å². The van der Waals surface area contributed by atoms with Crippen LogP contribution in [0.4, 0.5) is 4.39 Å². The SMILES string of the molecule is COc1ccc(-c2ccccc2)cc1C1NCCc2c1[nH]c1ccc(F)cc21. The van der Waals surface area contributed by atoms with Gasteiger partial charge in [-0.25, -0.2) is 4.39 Å². The summed E-state index contributed by atoms with van der Waals surface area (Å²) in [6.07, 6.45) is 0.871. The number of rotatable bonds is 3. The molecule has 1 aliphatic rings. The molecular formula is C24H21FN2O. The number of hydrogen-bond donors (Lipinski definition) is 2. The van der Waals surface area contributed by atoms with Gasteiger partial charge >= 0.3 is 0 Å². The number of methoxy groups -OCH3 is 1. The average molecular weight is 372 g/mol. The zero-order chi connectivity index (χ0) is 19.1. The van der Waals surface area contributed by atoms with Crippen molar-refractivity contribution < 1.29 is 9.13 Å². The van der Waals surface area contributed by atoms with E-state index in [0.29, 0.717) is 0 Å². The van der Waals surface area contributed by atoms with Crippen molar-refractivity contribution in [1.29, 1.82) is 0 Å². The molecule has 1 atom stereocenters. The van der Waals surface area contributed by atoms with E-state index in [9.17, 15) is 4.39 Å². The van der Waals surface area contributed by atoms with Crippen molar-refractivity contribution in [2.75, 3.05) is 13.7 Å². The van der Waals surface area contributed by atoms with Gasteiger partial charge in [-0.15, -0.1) is 0 Å². The standard InChI is InChI=1S/C24H21FN2O/c1-28-22-10-7-16(15-5-3-2-4-6-15)13-20(22)23-24-18(11-12-26-23)19-14-17(25)8-9-21(19)27-24/h2-10,13-14,23,26-27H,11-12H2,1H3. The smallest absolute Gasteiger partial charge is 0.124 e. The number of aromatic nitrogens is 1. The summed E-state index contributed by atoms with van der Waals surface area (Å²) in [5, 5.41) is 4.59. The van der Waals surface area contributed by atoms with Crippen LogP contribution in [-0.4, -0.2) is 18.6 Å². The second-order valence-electron chi connectivity index (χ2n) is 7.17. The van der Waals surface area contributed by atoms with Gasteiger partial charge in [0.2, 0.25) is 0 Å². The molecule has 0 amide bonds. The Balaban J connectivity index is 1.67. The first-order chi connectivity index (χ1) is 13.7. The summed E-state index contributed by atoms with van der Waals surface area (Å²) in [7, 11) is 1.70. The van der Waals surface area contributed by atoms with Gasteiger partial charge in [0.25, 0.3) is 0 Å². The molecule has 5 rings (SSSR count). The van der Waals surface area contributed by atoms with E-state index in [-0.39, 0.29) is 11.9 Å². The van der Waals surface area contributed by atoms with Gasteiger partial charge in [0.15, 0.2) is 0 Å². The molecule has 2 heterocycles. The van der Waals surface area contributed by atoms with E-state index in [4.69, 9.17) is 4.74 Å². The molecule has 140 valence electrons. The monoisotopic (exact) mass is 372 g/mol. The number of H-pyrrole nitrogens is 1. The number of hydrogen-bond acceptors (Lipinski definition) is 2. The molecule has 0 radical (unpaired) electrons. The molecule has 0 saturated heterocycles. The highest BCUT2D eigenvalue weighted by molar-refractivity contribution is 5.85. The van der Waals surface area contributed by atoms with E-state index in [1.165, 1.54) is 17.2 Å². The molecule has 0 aliphatic carbocycles. The van der Waals surface area contributed by atoms with Crippen LogP contribution in [0.2, 0.25) is 0 Å². The van der Waals surface area contributed by atoms with Gasteiger partial charge in [-0.2, -0.15) is 0 Å². The zero-order valence-electron chi connectivity index (χ0n) is 15.6. The van der Waals surface area contributed by atoms with E-state index in [0.717, 1.165) is 46.4 Å². The highest BCUT2D eigenvalue weighted by Gasteiger charge is 2.27. The molecule has 0 saturated carbocycles. The van der Waals surface area contributed by atoms with E-state index in [2.05, 4.69) is 34.6 Å². The average Bonchev–Trinajstić information content (AvgIpc) is 3.12. The van der Waals surface area contributed by atoms with E-state index >= 15 is 0 Å². The van der Waals surface area contributed by atoms with Crippen LogP contribution >= 0.6 is 0 Å². The summed E-state index contributed by atoms with van der Waals surface area (Å²) < 4.78 is 19.5. The number of fused-ring (bicyclic) bond motifs is 3. The lowest BCUT2D eigenvalue weighted by molar-refractivity contribution is 0.402. The number of ether oxygens (including phenoxy) is 1. The minimum absolute atomic E-state index is 0.0298. The van der Waals surface area contributed by atoms with Gasteiger partial charge in [-0.3, -0.25) is 0 Å². The highest BCUT2D eigenvalue weighted by atomic mass is 19.1. The van der Waals surface area contributed by atoms with Crippen molar-refractivity contribution in [3.8, 4) is 16.9 Å². The molecule has 1 aromatic heterocycles. The van der Waals surface area contributed by atoms with Crippen LogP contribution in [-0.2, 0) is 6.42 Å². The molecule has 0 fully saturated rings. The van der Waals surface area contributed by atoms with Gasteiger partial charge in [-0.1, -0.05) is 36.4 Å². The molecule has 3 aromatic carbocycles. The first-order valence-corrected chi connectivity index (χ1v) is 9.51. The van der Waals surface area contributed by atoms with Gasteiger partial charge in [0.05, 0.1) is 13.2 Å². The Hall–Kier alpha value is -3.11. The van der Waals surface area contributed by atoms with Crippen LogP contribution in [0.15, 0.2) is 66.7 Å². The Bertz CT molecular complexity index is 1150. The van der Waals surface area contributed by atoms with Crippen LogP contribution in [0.3, 0.4) is 0 Å². The highest BCUT2D eigenvalue weighted by Crippen LogP contribution is 2.38.